The van der Waals surface area contributed by atoms with E-state index in [-0.39, 0.29) is 32.5 Å². The summed E-state index contributed by atoms with van der Waals surface area (Å²) in [4.78, 5) is 95.8. The van der Waals surface area contributed by atoms with Gasteiger partial charge in [0.2, 0.25) is 5.91 Å². The number of amides is 3. The molecule has 4 atom stereocenters. The van der Waals surface area contributed by atoms with Gasteiger partial charge in [-0.15, -0.1) is 5.10 Å². The van der Waals surface area contributed by atoms with Crippen molar-refractivity contribution in [3.05, 3.63) is 11.9 Å². The molecule has 284 valence electrons. The van der Waals surface area contributed by atoms with Crippen LogP contribution in [0.1, 0.15) is 63.5 Å². The summed E-state index contributed by atoms with van der Waals surface area (Å²) in [6.07, 6.45) is 3.43. The lowest BCUT2D eigenvalue weighted by Crippen LogP contribution is -2.56. The number of hydrogen-bond donors (Lipinski definition) is 9. The topological polar surface area (TPSA) is 331 Å². The van der Waals surface area contributed by atoms with E-state index in [1.54, 1.807) is 4.90 Å². The molecule has 1 aromatic heterocycles. The Morgan fingerprint density at radius 2 is 1.27 bits per heavy atom. The molecular weight excluding hydrogens is 684 g/mol. The molecule has 0 bridgehead atoms. The van der Waals surface area contributed by atoms with Gasteiger partial charge >= 0.3 is 41.8 Å². The zero-order valence-electron chi connectivity index (χ0n) is 27.7. The minimum absolute atomic E-state index is 0.0147. The Morgan fingerprint density at radius 1 is 0.745 bits per heavy atom. The molecule has 1 heterocycles. The van der Waals surface area contributed by atoms with Crippen molar-refractivity contribution in [1.82, 2.24) is 40.7 Å². The van der Waals surface area contributed by atoms with Crippen LogP contribution in [0, 0.1) is 0 Å². The zero-order chi connectivity index (χ0) is 38.1. The molecular formula is C29H44N8O14. The van der Waals surface area contributed by atoms with E-state index < -0.39 is 104 Å². The van der Waals surface area contributed by atoms with Crippen LogP contribution in [-0.4, -0.2) is 154 Å². The molecule has 1 fully saturated rings. The molecule has 0 saturated heterocycles. The number of carboxylic acids is 6. The number of nitrogens with one attached hydrogen (secondary N) is 3. The van der Waals surface area contributed by atoms with E-state index in [1.807, 2.05) is 5.32 Å². The second-order valence-corrected chi connectivity index (χ2v) is 12.0. The lowest BCUT2D eigenvalue weighted by Gasteiger charge is -2.43. The van der Waals surface area contributed by atoms with E-state index in [0.717, 1.165) is 6.42 Å². The number of aliphatic carboxylic acids is 6. The third kappa shape index (κ3) is 15.8. The summed E-state index contributed by atoms with van der Waals surface area (Å²) < 4.78 is 1.23. The first-order valence-corrected chi connectivity index (χ1v) is 16.1. The fraction of sp³-hybridized carbons (Fsp3) is 0.655. The molecule has 1 aromatic rings. The third-order valence-electron chi connectivity index (χ3n) is 8.00. The minimum atomic E-state index is -1.54. The summed E-state index contributed by atoms with van der Waals surface area (Å²) in [6.45, 7) is -1.62. The van der Waals surface area contributed by atoms with Crippen molar-refractivity contribution < 1.29 is 69.0 Å². The maximum atomic E-state index is 12.5. The highest BCUT2D eigenvalue weighted by Crippen LogP contribution is 2.28. The van der Waals surface area contributed by atoms with Crippen LogP contribution in [0.25, 0.3) is 0 Å². The van der Waals surface area contributed by atoms with Crippen LogP contribution < -0.4 is 16.0 Å². The van der Waals surface area contributed by atoms with Crippen LogP contribution in [-0.2, 0) is 46.7 Å². The highest BCUT2D eigenvalue weighted by Gasteiger charge is 2.37. The molecule has 1 saturated carbocycles. The summed E-state index contributed by atoms with van der Waals surface area (Å²) in [7, 11) is 0. The molecule has 0 aliphatic heterocycles. The van der Waals surface area contributed by atoms with Crippen LogP contribution in [0.2, 0.25) is 0 Å². The van der Waals surface area contributed by atoms with Gasteiger partial charge in [-0.1, -0.05) is 18.1 Å². The van der Waals surface area contributed by atoms with Gasteiger partial charge in [0.25, 0.3) is 0 Å². The molecule has 2 rings (SSSR count). The largest absolute Gasteiger partial charge is 0.481 e. The van der Waals surface area contributed by atoms with E-state index in [2.05, 4.69) is 20.9 Å². The number of hydrogen-bond acceptors (Lipinski definition) is 12. The second kappa shape index (κ2) is 21.0. The fourth-order valence-electron chi connectivity index (χ4n) is 5.79. The number of carbonyl (C=O) groups is 8. The summed E-state index contributed by atoms with van der Waals surface area (Å²) in [5.41, 5.74) is 0.323. The summed E-state index contributed by atoms with van der Waals surface area (Å²) in [6, 6.07) is -5.04. The maximum Gasteiger partial charge on any atom is 0.326 e. The summed E-state index contributed by atoms with van der Waals surface area (Å²) in [5, 5.41) is 70.4. The Balaban J connectivity index is 1.90. The van der Waals surface area contributed by atoms with E-state index >= 15 is 0 Å². The predicted molar refractivity (Wildman–Crippen MR) is 169 cm³/mol. The number of urea groups is 1. The molecule has 2 unspecified atom stereocenters. The van der Waals surface area contributed by atoms with Gasteiger partial charge in [-0.25, -0.2) is 19.1 Å². The number of rotatable bonds is 24. The van der Waals surface area contributed by atoms with Gasteiger partial charge in [0, 0.05) is 31.6 Å². The van der Waals surface area contributed by atoms with Crippen molar-refractivity contribution in [2.45, 2.75) is 95.0 Å². The third-order valence-corrected chi connectivity index (χ3v) is 8.00. The van der Waals surface area contributed by atoms with Crippen molar-refractivity contribution in [2.24, 2.45) is 0 Å². The molecule has 0 spiro atoms. The Bertz CT molecular complexity index is 1390. The van der Waals surface area contributed by atoms with Gasteiger partial charge in [0.05, 0.1) is 31.5 Å². The number of carboxylic acid groups (broad SMARTS) is 6. The molecule has 1 aliphatic rings. The van der Waals surface area contributed by atoms with Gasteiger partial charge in [0.15, 0.2) is 0 Å². The molecule has 22 nitrogen and oxygen atoms in total. The molecule has 0 aromatic carbocycles. The fourth-order valence-corrected chi connectivity index (χ4v) is 5.79. The van der Waals surface area contributed by atoms with Crippen molar-refractivity contribution in [1.29, 1.82) is 0 Å². The molecule has 1 aliphatic carbocycles. The Hall–Kier alpha value is -5.38. The standard InChI is InChI=1S/C29H44N8O14/c38-22(30-10-4-3-5-18(27(47)48)31-29(51)32-19(28(49)50)8-9-23(39)40)13-37-12-17(33-34-37)11-35(14-24(41)42)20-6-1-2-7-21(20)36(15-25(43)44)16-26(45)46/h12,18-21H,1-11,13-16H2,(H,30,38)(H,39,40)(H,41,42)(H,43,44)(H,45,46)(H,47,48)(H,49,50)(H2,31,32,51)/t18-,19-,20?,21?/m0/s1. The Morgan fingerprint density at radius 3 is 1.80 bits per heavy atom. The van der Waals surface area contributed by atoms with Gasteiger partial charge in [-0.3, -0.25) is 33.8 Å². The minimum Gasteiger partial charge on any atom is -0.481 e. The van der Waals surface area contributed by atoms with Gasteiger partial charge in [-0.05, 0) is 38.5 Å². The second-order valence-electron chi connectivity index (χ2n) is 12.0. The van der Waals surface area contributed by atoms with Crippen molar-refractivity contribution in [3.63, 3.8) is 0 Å². The lowest BCUT2D eigenvalue weighted by atomic mass is 9.87. The Kier molecular flexibility index (Phi) is 17.2. The molecule has 0 radical (unpaired) electrons. The zero-order valence-corrected chi connectivity index (χ0v) is 27.7. The highest BCUT2D eigenvalue weighted by molar-refractivity contribution is 5.86. The first kappa shape index (κ1) is 41.8. The van der Waals surface area contributed by atoms with Crippen LogP contribution in [0.5, 0.6) is 0 Å². The van der Waals surface area contributed by atoms with Crippen LogP contribution in [0.15, 0.2) is 6.20 Å². The van der Waals surface area contributed by atoms with E-state index in [9.17, 15) is 58.8 Å². The normalized spacial score (nSPS) is 16.9. The SMILES string of the molecule is O=C(O)CC[C@H](NC(=O)N[C@@H](CCCCNC(=O)Cn1cc(CN(CC(=O)O)C2CCCCC2N(CC(=O)O)CC(=O)O)nn1)C(=O)O)C(=O)O. The number of unbranched alkanes of at least 4 members (excludes halogenated alkanes) is 1. The van der Waals surface area contributed by atoms with Gasteiger partial charge in [0.1, 0.15) is 18.6 Å². The highest BCUT2D eigenvalue weighted by atomic mass is 16.4. The van der Waals surface area contributed by atoms with Crippen LogP contribution >= 0.6 is 0 Å². The quantitative estimate of drug-likeness (QED) is 0.0536. The summed E-state index contributed by atoms with van der Waals surface area (Å²) in [5.74, 6) is -8.17. The van der Waals surface area contributed by atoms with E-state index in [4.69, 9.17) is 10.2 Å². The molecule has 3 amide bonds. The first-order valence-electron chi connectivity index (χ1n) is 16.1. The van der Waals surface area contributed by atoms with Crippen LogP contribution in [0.3, 0.4) is 0 Å². The molecule has 51 heavy (non-hydrogen) atoms. The average molecular weight is 729 g/mol. The summed E-state index contributed by atoms with van der Waals surface area (Å²) >= 11 is 0. The smallest absolute Gasteiger partial charge is 0.326 e. The average Bonchev–Trinajstić information content (AvgIpc) is 3.46. The monoisotopic (exact) mass is 728 g/mol. The van der Waals surface area contributed by atoms with Crippen molar-refractivity contribution in [2.75, 3.05) is 26.2 Å². The van der Waals surface area contributed by atoms with Gasteiger partial charge in [-0.2, -0.15) is 0 Å². The molecule has 9 N–H and O–H groups in total. The lowest BCUT2D eigenvalue weighted by molar-refractivity contribution is -0.146. The van der Waals surface area contributed by atoms with Crippen molar-refractivity contribution >= 4 is 47.8 Å². The predicted octanol–water partition coefficient (Wildman–Crippen LogP) is -1.70. The molecule has 22 heteroatoms. The van der Waals surface area contributed by atoms with E-state index in [1.165, 1.54) is 15.8 Å². The number of aromatic nitrogens is 3. The number of carbonyl (C=O) groups excluding carboxylic acids is 2. The Labute approximate surface area is 290 Å². The van der Waals surface area contributed by atoms with E-state index in [0.29, 0.717) is 31.4 Å². The van der Waals surface area contributed by atoms with Crippen LogP contribution in [0.4, 0.5) is 4.79 Å². The van der Waals surface area contributed by atoms with Gasteiger partial charge < -0.3 is 46.6 Å². The van der Waals surface area contributed by atoms with Crippen molar-refractivity contribution in [3.8, 4) is 0 Å². The number of nitrogens with zero attached hydrogens (tertiary/aromatic N) is 5. The first-order chi connectivity index (χ1) is 24.0. The maximum absolute atomic E-state index is 12.5.